The van der Waals surface area contributed by atoms with E-state index in [1.807, 2.05) is 18.7 Å². The topological polar surface area (TPSA) is 76.1 Å². The molecule has 2 fully saturated rings. The highest BCUT2D eigenvalue weighted by atomic mass is 16.5. The highest BCUT2D eigenvalue weighted by Crippen LogP contribution is 2.34. The van der Waals surface area contributed by atoms with Gasteiger partial charge in [-0.25, -0.2) is 4.79 Å². The van der Waals surface area contributed by atoms with Gasteiger partial charge in [-0.1, -0.05) is 6.92 Å². The van der Waals surface area contributed by atoms with Crippen LogP contribution >= 0.6 is 0 Å². The Balaban J connectivity index is 1.84. The summed E-state index contributed by atoms with van der Waals surface area (Å²) in [6.07, 6.45) is 1.42. The smallest absolute Gasteiger partial charge is 0.329 e. The van der Waals surface area contributed by atoms with Crippen molar-refractivity contribution in [3.05, 3.63) is 0 Å². The fraction of sp³-hybridized carbons (Fsp3) is 0.867. The summed E-state index contributed by atoms with van der Waals surface area (Å²) < 4.78 is 11.0. The molecule has 0 aromatic rings. The van der Waals surface area contributed by atoms with E-state index in [0.29, 0.717) is 25.9 Å². The van der Waals surface area contributed by atoms with E-state index in [1.54, 1.807) is 0 Å². The normalized spacial score (nSPS) is 34.1. The minimum Gasteiger partial charge on any atom is -0.480 e. The SMILES string of the molecule is CC1OC(C)C(C(=O)N2CCC(OCC(=O)O)CC2)C1C. The van der Waals surface area contributed by atoms with Crippen LogP contribution in [0.5, 0.6) is 0 Å². The van der Waals surface area contributed by atoms with Crippen molar-refractivity contribution in [3.63, 3.8) is 0 Å². The first kappa shape index (κ1) is 16.2. The fourth-order valence-corrected chi connectivity index (χ4v) is 3.34. The van der Waals surface area contributed by atoms with Crippen molar-refractivity contribution < 1.29 is 24.2 Å². The molecule has 0 saturated carbocycles. The summed E-state index contributed by atoms with van der Waals surface area (Å²) in [5.41, 5.74) is 0. The van der Waals surface area contributed by atoms with Gasteiger partial charge in [0.2, 0.25) is 5.91 Å². The number of rotatable bonds is 4. The molecule has 6 heteroatoms. The Bertz CT molecular complexity index is 392. The van der Waals surface area contributed by atoms with E-state index in [2.05, 4.69) is 6.92 Å². The van der Waals surface area contributed by atoms with Gasteiger partial charge in [-0.3, -0.25) is 4.79 Å². The number of piperidine rings is 1. The van der Waals surface area contributed by atoms with Crippen molar-refractivity contribution in [2.75, 3.05) is 19.7 Å². The van der Waals surface area contributed by atoms with Crippen molar-refractivity contribution in [1.29, 1.82) is 0 Å². The molecule has 0 bridgehead atoms. The molecule has 6 nitrogen and oxygen atoms in total. The van der Waals surface area contributed by atoms with Gasteiger partial charge in [0.25, 0.3) is 0 Å². The van der Waals surface area contributed by atoms with Crippen molar-refractivity contribution >= 4 is 11.9 Å². The van der Waals surface area contributed by atoms with E-state index in [9.17, 15) is 9.59 Å². The number of aliphatic carboxylic acids is 1. The second-order valence-electron chi connectivity index (χ2n) is 6.16. The van der Waals surface area contributed by atoms with E-state index >= 15 is 0 Å². The average Bonchev–Trinajstić information content (AvgIpc) is 2.70. The van der Waals surface area contributed by atoms with Crippen LogP contribution in [0.3, 0.4) is 0 Å². The molecule has 2 aliphatic heterocycles. The largest absolute Gasteiger partial charge is 0.480 e. The molecule has 2 heterocycles. The van der Waals surface area contributed by atoms with Crippen molar-refractivity contribution in [2.45, 2.75) is 51.9 Å². The summed E-state index contributed by atoms with van der Waals surface area (Å²) in [7, 11) is 0. The summed E-state index contributed by atoms with van der Waals surface area (Å²) in [6, 6.07) is 0. The summed E-state index contributed by atoms with van der Waals surface area (Å²) in [6.45, 7) is 7.05. The molecule has 0 aromatic carbocycles. The Morgan fingerprint density at radius 1 is 1.19 bits per heavy atom. The fourth-order valence-electron chi connectivity index (χ4n) is 3.34. The number of carboxylic acid groups (broad SMARTS) is 1. The highest BCUT2D eigenvalue weighted by molar-refractivity contribution is 5.80. The molecule has 4 atom stereocenters. The van der Waals surface area contributed by atoms with Crippen molar-refractivity contribution in [1.82, 2.24) is 4.90 Å². The van der Waals surface area contributed by atoms with Gasteiger partial charge in [-0.05, 0) is 32.6 Å². The minimum absolute atomic E-state index is 0.0384. The molecule has 0 radical (unpaired) electrons. The molecule has 0 aliphatic carbocycles. The van der Waals surface area contributed by atoms with Crippen LogP contribution in [0.15, 0.2) is 0 Å². The molecule has 4 unspecified atom stereocenters. The molecular formula is C15H25NO5. The van der Waals surface area contributed by atoms with Gasteiger partial charge >= 0.3 is 5.97 Å². The Hall–Kier alpha value is -1.14. The first-order chi connectivity index (χ1) is 9.90. The van der Waals surface area contributed by atoms with E-state index in [0.717, 1.165) is 0 Å². The highest BCUT2D eigenvalue weighted by Gasteiger charge is 2.43. The quantitative estimate of drug-likeness (QED) is 0.842. The van der Waals surface area contributed by atoms with Crippen LogP contribution in [-0.2, 0) is 19.1 Å². The predicted octanol–water partition coefficient (Wildman–Crippen LogP) is 1.14. The van der Waals surface area contributed by atoms with E-state index < -0.39 is 5.97 Å². The zero-order valence-corrected chi connectivity index (χ0v) is 12.9. The molecule has 2 saturated heterocycles. The Morgan fingerprint density at radius 3 is 2.29 bits per heavy atom. The molecule has 21 heavy (non-hydrogen) atoms. The van der Waals surface area contributed by atoms with Crippen LogP contribution in [0.1, 0.15) is 33.6 Å². The van der Waals surface area contributed by atoms with Crippen LogP contribution in [-0.4, -0.2) is 59.9 Å². The summed E-state index contributed by atoms with van der Waals surface area (Å²) in [4.78, 5) is 25.0. The molecule has 1 amide bonds. The molecule has 120 valence electrons. The summed E-state index contributed by atoms with van der Waals surface area (Å²) in [5.74, 6) is -0.630. The summed E-state index contributed by atoms with van der Waals surface area (Å²) in [5, 5.41) is 8.61. The van der Waals surface area contributed by atoms with Gasteiger partial charge in [-0.15, -0.1) is 0 Å². The number of hydrogen-bond acceptors (Lipinski definition) is 4. The van der Waals surface area contributed by atoms with Crippen LogP contribution < -0.4 is 0 Å². The van der Waals surface area contributed by atoms with Gasteiger partial charge in [0.05, 0.1) is 24.2 Å². The molecule has 0 aromatic heterocycles. The Kier molecular flexibility index (Phi) is 5.22. The first-order valence-corrected chi connectivity index (χ1v) is 7.67. The number of carboxylic acids is 1. The van der Waals surface area contributed by atoms with E-state index in [4.69, 9.17) is 14.6 Å². The van der Waals surface area contributed by atoms with Crippen LogP contribution in [0.2, 0.25) is 0 Å². The maximum absolute atomic E-state index is 12.7. The Labute approximate surface area is 125 Å². The number of ether oxygens (including phenoxy) is 2. The van der Waals surface area contributed by atoms with Crippen molar-refractivity contribution in [3.8, 4) is 0 Å². The van der Waals surface area contributed by atoms with Gasteiger partial charge in [0.1, 0.15) is 6.61 Å². The number of amides is 1. The van der Waals surface area contributed by atoms with Crippen LogP contribution in [0.25, 0.3) is 0 Å². The third-order valence-electron chi connectivity index (χ3n) is 4.72. The van der Waals surface area contributed by atoms with Crippen LogP contribution in [0, 0.1) is 11.8 Å². The van der Waals surface area contributed by atoms with E-state index in [1.165, 1.54) is 0 Å². The number of hydrogen-bond donors (Lipinski definition) is 1. The first-order valence-electron chi connectivity index (χ1n) is 7.67. The number of likely N-dealkylation sites (tertiary alicyclic amines) is 1. The zero-order chi connectivity index (χ0) is 15.6. The zero-order valence-electron chi connectivity index (χ0n) is 12.9. The lowest BCUT2D eigenvalue weighted by Gasteiger charge is -2.34. The molecule has 2 aliphatic rings. The predicted molar refractivity (Wildman–Crippen MR) is 75.9 cm³/mol. The lowest BCUT2D eigenvalue weighted by atomic mass is 9.88. The minimum atomic E-state index is -0.951. The molecule has 1 N–H and O–H groups in total. The lowest BCUT2D eigenvalue weighted by molar-refractivity contribution is -0.148. The van der Waals surface area contributed by atoms with Gasteiger partial charge in [0.15, 0.2) is 0 Å². The van der Waals surface area contributed by atoms with E-state index in [-0.39, 0.29) is 42.7 Å². The number of carbonyl (C=O) groups excluding carboxylic acids is 1. The van der Waals surface area contributed by atoms with Gasteiger partial charge in [0, 0.05) is 13.1 Å². The second kappa shape index (κ2) is 6.75. The number of nitrogens with zero attached hydrogens (tertiary/aromatic N) is 1. The van der Waals surface area contributed by atoms with Crippen LogP contribution in [0.4, 0.5) is 0 Å². The monoisotopic (exact) mass is 299 g/mol. The number of carbonyl (C=O) groups is 2. The maximum Gasteiger partial charge on any atom is 0.329 e. The standard InChI is InChI=1S/C15H25NO5/c1-9-10(2)21-11(3)14(9)15(19)16-6-4-12(5-7-16)20-8-13(17)18/h9-12,14H,4-8H2,1-3H3,(H,17,18). The van der Waals surface area contributed by atoms with Gasteiger partial charge in [-0.2, -0.15) is 0 Å². The van der Waals surface area contributed by atoms with Crippen molar-refractivity contribution in [2.24, 2.45) is 11.8 Å². The summed E-state index contributed by atoms with van der Waals surface area (Å²) >= 11 is 0. The second-order valence-corrected chi connectivity index (χ2v) is 6.16. The average molecular weight is 299 g/mol. The Morgan fingerprint density at radius 2 is 1.81 bits per heavy atom. The molecule has 2 rings (SSSR count). The maximum atomic E-state index is 12.7. The third-order valence-corrected chi connectivity index (χ3v) is 4.72. The lowest BCUT2D eigenvalue weighted by Crippen LogP contribution is -2.46. The van der Waals surface area contributed by atoms with Gasteiger partial charge < -0.3 is 19.5 Å². The molecule has 0 spiro atoms. The third kappa shape index (κ3) is 3.74. The molecular weight excluding hydrogens is 274 g/mol.